The Kier molecular flexibility index (Phi) is 5.57. The topological polar surface area (TPSA) is 12.9 Å². The summed E-state index contributed by atoms with van der Waals surface area (Å²) in [6.45, 7) is 0. The van der Waals surface area contributed by atoms with Gasteiger partial charge in [0.05, 0.1) is 11.0 Å². The van der Waals surface area contributed by atoms with Crippen LogP contribution < -0.4 is 0 Å². The summed E-state index contributed by atoms with van der Waals surface area (Å²) in [6, 6.07) is 59.3. The molecule has 0 atom stereocenters. The van der Waals surface area contributed by atoms with E-state index < -0.39 is 0 Å². The lowest BCUT2D eigenvalue weighted by Gasteiger charge is -2.18. The van der Waals surface area contributed by atoms with E-state index >= 15 is 0 Å². The number of hydrogen-bond acceptors (Lipinski definition) is 1. The van der Waals surface area contributed by atoms with Crippen LogP contribution in [-0.4, -0.2) is 4.98 Å². The summed E-state index contributed by atoms with van der Waals surface area (Å²) < 4.78 is 0. The van der Waals surface area contributed by atoms with Crippen LogP contribution in [0.2, 0.25) is 0 Å². The smallest absolute Gasteiger partial charge is 0.0715 e. The number of hydrogen-bond donors (Lipinski definition) is 0. The molecular formula is C43H27N. The SMILES string of the molecule is c1ccc2cc(-c3c4ccccc4c(-c4ccc(-c5c6ccccc6nc6ccccc56)cc4)c4ccccc34)ccc2c1. The van der Waals surface area contributed by atoms with Gasteiger partial charge in [-0.25, -0.2) is 4.98 Å². The van der Waals surface area contributed by atoms with E-state index in [-0.39, 0.29) is 0 Å². The summed E-state index contributed by atoms with van der Waals surface area (Å²) in [7, 11) is 0. The average Bonchev–Trinajstić information content (AvgIpc) is 3.09. The molecule has 0 saturated heterocycles. The Morgan fingerprint density at radius 2 is 0.636 bits per heavy atom. The monoisotopic (exact) mass is 557 g/mol. The van der Waals surface area contributed by atoms with E-state index in [1.54, 1.807) is 0 Å². The van der Waals surface area contributed by atoms with Crippen LogP contribution in [0.25, 0.3) is 87.5 Å². The van der Waals surface area contributed by atoms with Crippen molar-refractivity contribution in [3.05, 3.63) is 164 Å². The normalized spacial score (nSPS) is 11.6. The first-order chi connectivity index (χ1) is 21.8. The van der Waals surface area contributed by atoms with E-state index in [4.69, 9.17) is 4.98 Å². The van der Waals surface area contributed by atoms with E-state index in [2.05, 4.69) is 164 Å². The number of aromatic nitrogens is 1. The standard InChI is InChI=1S/C43H27N/c1-2-12-31-27-32(26-21-28(31)11-1)43-35-15-5-3-13-33(35)41(34-14-4-6-16-36(34)43)29-22-24-30(25-23-29)42-37-17-7-9-19-39(37)44-40-20-10-8-18-38(40)42/h1-27H. The zero-order valence-electron chi connectivity index (χ0n) is 24.0. The Hall–Kier alpha value is -5.79. The number of nitrogens with zero attached hydrogens (tertiary/aromatic N) is 1. The molecule has 204 valence electrons. The fourth-order valence-electron chi connectivity index (χ4n) is 7.05. The van der Waals surface area contributed by atoms with Gasteiger partial charge in [0, 0.05) is 16.3 Å². The quantitative estimate of drug-likeness (QED) is 0.197. The molecule has 0 aliphatic heterocycles. The predicted molar refractivity (Wildman–Crippen MR) is 188 cm³/mol. The molecule has 0 unspecified atom stereocenters. The van der Waals surface area contributed by atoms with Gasteiger partial charge in [0.1, 0.15) is 0 Å². The number of pyridine rings is 1. The number of fused-ring (bicyclic) bond motifs is 5. The molecule has 0 radical (unpaired) electrons. The van der Waals surface area contributed by atoms with Gasteiger partial charge in [0.2, 0.25) is 0 Å². The van der Waals surface area contributed by atoms with Crippen molar-refractivity contribution in [2.24, 2.45) is 0 Å². The fourth-order valence-corrected chi connectivity index (χ4v) is 7.05. The molecule has 9 rings (SSSR count). The van der Waals surface area contributed by atoms with Crippen LogP contribution in [0.4, 0.5) is 0 Å². The van der Waals surface area contributed by atoms with Gasteiger partial charge in [0.25, 0.3) is 0 Å². The van der Waals surface area contributed by atoms with Crippen LogP contribution in [0.1, 0.15) is 0 Å². The highest BCUT2D eigenvalue weighted by Gasteiger charge is 2.17. The minimum Gasteiger partial charge on any atom is -0.248 e. The van der Waals surface area contributed by atoms with Crippen LogP contribution in [0.5, 0.6) is 0 Å². The molecule has 0 spiro atoms. The van der Waals surface area contributed by atoms with Gasteiger partial charge in [-0.15, -0.1) is 0 Å². The van der Waals surface area contributed by atoms with Gasteiger partial charge >= 0.3 is 0 Å². The van der Waals surface area contributed by atoms with Crippen LogP contribution >= 0.6 is 0 Å². The Morgan fingerprint density at radius 3 is 1.16 bits per heavy atom. The van der Waals surface area contributed by atoms with Crippen LogP contribution in [0.3, 0.4) is 0 Å². The first kappa shape index (κ1) is 24.8. The zero-order valence-corrected chi connectivity index (χ0v) is 24.0. The van der Waals surface area contributed by atoms with E-state index in [0.717, 1.165) is 11.0 Å². The van der Waals surface area contributed by atoms with Crippen molar-refractivity contribution in [2.45, 2.75) is 0 Å². The first-order valence-corrected chi connectivity index (χ1v) is 15.1. The number of para-hydroxylation sites is 2. The molecule has 0 amide bonds. The average molecular weight is 558 g/mol. The summed E-state index contributed by atoms with van der Waals surface area (Å²) in [5.41, 5.74) is 9.50. The lowest BCUT2D eigenvalue weighted by molar-refractivity contribution is 1.49. The summed E-state index contributed by atoms with van der Waals surface area (Å²) in [6.07, 6.45) is 0. The molecule has 0 aliphatic carbocycles. The first-order valence-electron chi connectivity index (χ1n) is 15.1. The molecule has 44 heavy (non-hydrogen) atoms. The Morgan fingerprint density at radius 1 is 0.273 bits per heavy atom. The molecule has 1 nitrogen and oxygen atoms in total. The third kappa shape index (κ3) is 3.83. The molecule has 0 N–H and O–H groups in total. The van der Waals surface area contributed by atoms with E-state index in [9.17, 15) is 0 Å². The van der Waals surface area contributed by atoms with Gasteiger partial charge in [-0.05, 0) is 78.3 Å². The second-order valence-electron chi connectivity index (χ2n) is 11.5. The highest BCUT2D eigenvalue weighted by Crippen LogP contribution is 2.44. The third-order valence-electron chi connectivity index (χ3n) is 9.02. The summed E-state index contributed by atoms with van der Waals surface area (Å²) >= 11 is 0. The Bertz CT molecular complexity index is 2430. The lowest BCUT2D eigenvalue weighted by Crippen LogP contribution is -1.92. The van der Waals surface area contributed by atoms with Crippen molar-refractivity contribution in [3.8, 4) is 33.4 Å². The van der Waals surface area contributed by atoms with Crippen molar-refractivity contribution in [2.75, 3.05) is 0 Å². The van der Waals surface area contributed by atoms with Crippen LogP contribution in [0, 0.1) is 0 Å². The molecule has 1 heterocycles. The lowest BCUT2D eigenvalue weighted by atomic mass is 9.85. The minimum atomic E-state index is 1.02. The van der Waals surface area contributed by atoms with Crippen molar-refractivity contribution >= 4 is 54.1 Å². The molecule has 1 aromatic heterocycles. The summed E-state index contributed by atoms with van der Waals surface area (Å²) in [5.74, 6) is 0. The van der Waals surface area contributed by atoms with Gasteiger partial charge in [-0.1, -0.05) is 146 Å². The van der Waals surface area contributed by atoms with E-state index in [1.807, 2.05) is 0 Å². The Balaban J connectivity index is 1.28. The Labute approximate surface area is 255 Å². The second-order valence-corrected chi connectivity index (χ2v) is 11.5. The molecule has 8 aromatic carbocycles. The van der Waals surface area contributed by atoms with Crippen molar-refractivity contribution < 1.29 is 0 Å². The number of benzene rings is 8. The molecule has 0 aliphatic rings. The fraction of sp³-hybridized carbons (Fsp3) is 0. The van der Waals surface area contributed by atoms with Crippen LogP contribution in [0.15, 0.2) is 164 Å². The van der Waals surface area contributed by atoms with E-state index in [0.29, 0.717) is 0 Å². The van der Waals surface area contributed by atoms with Gasteiger partial charge in [0.15, 0.2) is 0 Å². The molecule has 0 fully saturated rings. The minimum absolute atomic E-state index is 1.02. The highest BCUT2D eigenvalue weighted by molar-refractivity contribution is 6.22. The summed E-state index contributed by atoms with van der Waals surface area (Å²) in [5, 5.41) is 9.94. The maximum absolute atomic E-state index is 4.95. The zero-order chi connectivity index (χ0) is 29.0. The maximum Gasteiger partial charge on any atom is 0.0715 e. The molecule has 0 saturated carbocycles. The molecule has 9 aromatic rings. The highest BCUT2D eigenvalue weighted by atomic mass is 14.7. The largest absolute Gasteiger partial charge is 0.248 e. The van der Waals surface area contributed by atoms with Crippen molar-refractivity contribution in [1.29, 1.82) is 0 Å². The molecular weight excluding hydrogens is 530 g/mol. The van der Waals surface area contributed by atoms with Gasteiger partial charge in [-0.3, -0.25) is 0 Å². The van der Waals surface area contributed by atoms with Crippen LogP contribution in [-0.2, 0) is 0 Å². The van der Waals surface area contributed by atoms with Gasteiger partial charge < -0.3 is 0 Å². The predicted octanol–water partition coefficient (Wildman–Crippen LogP) is 11.8. The molecule has 1 heteroatoms. The van der Waals surface area contributed by atoms with Crippen molar-refractivity contribution in [3.63, 3.8) is 0 Å². The molecule has 0 bridgehead atoms. The third-order valence-corrected chi connectivity index (χ3v) is 9.02. The van der Waals surface area contributed by atoms with Crippen molar-refractivity contribution in [1.82, 2.24) is 4.98 Å². The number of rotatable bonds is 3. The second kappa shape index (κ2) is 9.90. The maximum atomic E-state index is 4.95. The van der Waals surface area contributed by atoms with Gasteiger partial charge in [-0.2, -0.15) is 0 Å². The summed E-state index contributed by atoms with van der Waals surface area (Å²) in [4.78, 5) is 4.95. The van der Waals surface area contributed by atoms with E-state index in [1.165, 1.54) is 76.5 Å².